The number of esters is 8. The maximum Gasteiger partial charge on any atom is 0.366 e. The number of hydrogen-bond donors (Lipinski definition) is 1. The Kier molecular flexibility index (Phi) is 22.5. The van der Waals surface area contributed by atoms with Gasteiger partial charge in [-0.1, -0.05) is 119 Å². The number of aliphatic hydroxyl groups is 1. The van der Waals surface area contributed by atoms with E-state index in [2.05, 4.69) is 20.1 Å². The molecule has 6 aromatic rings. The third-order valence-corrected chi connectivity index (χ3v) is 14.3. The molecule has 0 saturated carbocycles. The summed E-state index contributed by atoms with van der Waals surface area (Å²) in [7, 11) is 2.88. The first kappa shape index (κ1) is 65.5. The van der Waals surface area contributed by atoms with Crippen LogP contribution < -0.4 is 0 Å². The molecule has 2 heterocycles. The van der Waals surface area contributed by atoms with E-state index >= 15 is 4.79 Å². The second-order valence-corrected chi connectivity index (χ2v) is 19.9. The number of methoxy groups -OCH3 is 3. The molecular weight excluding hydrogens is 1180 g/mol. The maximum absolute atomic E-state index is 15.0. The highest BCUT2D eigenvalue weighted by Crippen LogP contribution is 2.42. The Hall–Kier alpha value is -10.5. The molecule has 2 aliphatic rings. The van der Waals surface area contributed by atoms with Crippen LogP contribution in [0.25, 0.3) is 20.9 Å². The first-order valence-electron chi connectivity index (χ1n) is 27.6. The van der Waals surface area contributed by atoms with E-state index in [1.54, 1.807) is 36.4 Å². The normalized spacial score (nSPS) is 22.3. The molecule has 8 rings (SSSR count). The van der Waals surface area contributed by atoms with Crippen LogP contribution in [0, 0.1) is 0 Å². The molecule has 0 amide bonds. The SMILES string of the molecule is COC(=O)[C@@]1(OC)C[C@H](OC(=O)c2ccccc2)[C@@H](N=[N+]=[N-])[C@H]([C@H](OC(=O)c2ccccc2)[C@@H](CO[C@]2(C(=O)OC)C[C@H](OC(=O)c3ccccc3)[C@@H](N=[N+]=[N-])[C@H]([C@H](OC(=O)c3ccccc3)[C@@H](CO)OC(=O)c3ccccc3)O2)OC(=O)c2ccccc2)O1. The predicted octanol–water partition coefficient (Wildman–Crippen LogP) is 7.67. The zero-order chi connectivity index (χ0) is 64.2. The number of rotatable bonds is 25. The molecule has 0 bridgehead atoms. The van der Waals surface area contributed by atoms with Crippen molar-refractivity contribution in [1.29, 1.82) is 0 Å². The van der Waals surface area contributed by atoms with Gasteiger partial charge in [0.2, 0.25) is 0 Å². The van der Waals surface area contributed by atoms with Crippen molar-refractivity contribution in [3.05, 3.63) is 236 Å². The number of aliphatic hydroxyl groups excluding tert-OH is 1. The summed E-state index contributed by atoms with van der Waals surface area (Å²) in [6.45, 7) is -2.44. The van der Waals surface area contributed by atoms with Gasteiger partial charge in [0.15, 0.2) is 24.4 Å². The zero-order valence-corrected chi connectivity index (χ0v) is 48.2. The van der Waals surface area contributed by atoms with Crippen LogP contribution in [0.5, 0.6) is 0 Å². The van der Waals surface area contributed by atoms with Gasteiger partial charge in [0, 0.05) is 16.9 Å². The molecule has 2 aliphatic heterocycles. The molecule has 466 valence electrons. The standard InChI is InChI=1S/C63H58N6O21/c1-79-60(77)62(81-3)34-44(83-54(71)38-22-10-4-11-23-38)48(66-68-64)53(89-62)51(88-59(76)43-32-20-9-21-33-43)47(86-57(74)41-28-16-7-17-29-41)37-82-63(61(78)80-2)35-45(84-55(72)39-24-12-5-13-25-39)49(67-69-65)52(90-63)50(87-58(75)42-30-18-8-19-31-42)46(36-70)85-56(73)40-26-14-6-15-27-40/h4-33,44-53,70H,34-37H2,1-3H3/t44-,45-,46+,47+,48+,49+,50+,51+,52+,53+,62+,63+/m0/s1. The lowest BCUT2D eigenvalue weighted by Crippen LogP contribution is -2.66. The van der Waals surface area contributed by atoms with E-state index in [9.17, 15) is 49.7 Å². The van der Waals surface area contributed by atoms with Crippen LogP contribution in [0.15, 0.2) is 192 Å². The minimum Gasteiger partial charge on any atom is -0.465 e. The number of azide groups is 2. The van der Waals surface area contributed by atoms with Crippen molar-refractivity contribution in [1.82, 2.24) is 0 Å². The van der Waals surface area contributed by atoms with Crippen LogP contribution in [0.4, 0.5) is 0 Å². The summed E-state index contributed by atoms with van der Waals surface area (Å²) in [5.41, 5.74) is 20.1. The fourth-order valence-electron chi connectivity index (χ4n) is 9.94. The van der Waals surface area contributed by atoms with Gasteiger partial charge in [0.1, 0.15) is 36.5 Å². The second-order valence-electron chi connectivity index (χ2n) is 19.9. The van der Waals surface area contributed by atoms with Crippen molar-refractivity contribution in [2.45, 2.75) is 85.3 Å². The Morgan fingerprint density at radius 1 is 0.467 bits per heavy atom. The molecule has 12 atom stereocenters. The van der Waals surface area contributed by atoms with Crippen molar-refractivity contribution in [2.24, 2.45) is 10.2 Å². The van der Waals surface area contributed by atoms with Crippen molar-refractivity contribution in [3.63, 3.8) is 0 Å². The summed E-state index contributed by atoms with van der Waals surface area (Å²) in [5, 5.41) is 19.1. The van der Waals surface area contributed by atoms with Crippen LogP contribution in [0.3, 0.4) is 0 Å². The Balaban J connectivity index is 1.33. The van der Waals surface area contributed by atoms with Gasteiger partial charge in [-0.25, -0.2) is 38.4 Å². The van der Waals surface area contributed by atoms with Gasteiger partial charge < -0.3 is 61.9 Å². The van der Waals surface area contributed by atoms with E-state index < -0.39 is 146 Å². The van der Waals surface area contributed by atoms with Crippen LogP contribution >= 0.6 is 0 Å². The highest BCUT2D eigenvalue weighted by Gasteiger charge is 2.62. The van der Waals surface area contributed by atoms with Gasteiger partial charge in [-0.3, -0.25) is 0 Å². The quantitative estimate of drug-likeness (QED) is 0.0189. The highest BCUT2D eigenvalue weighted by molar-refractivity contribution is 5.92. The lowest BCUT2D eigenvalue weighted by Gasteiger charge is -2.48. The summed E-state index contributed by atoms with van der Waals surface area (Å²) >= 11 is 0. The number of benzene rings is 6. The van der Waals surface area contributed by atoms with Gasteiger partial charge in [-0.05, 0) is 83.9 Å². The van der Waals surface area contributed by atoms with Gasteiger partial charge in [-0.15, -0.1) is 0 Å². The monoisotopic (exact) mass is 1230 g/mol. The highest BCUT2D eigenvalue weighted by atomic mass is 16.8. The molecule has 1 N–H and O–H groups in total. The Morgan fingerprint density at radius 3 is 1.10 bits per heavy atom. The van der Waals surface area contributed by atoms with Crippen LogP contribution in [0.2, 0.25) is 0 Å². The van der Waals surface area contributed by atoms with Gasteiger partial charge in [-0.2, -0.15) is 0 Å². The maximum atomic E-state index is 15.0. The van der Waals surface area contributed by atoms with Crippen molar-refractivity contribution in [2.75, 3.05) is 34.5 Å². The number of nitrogens with zero attached hydrogens (tertiary/aromatic N) is 6. The summed E-state index contributed by atoms with van der Waals surface area (Å²) in [4.78, 5) is 121. The Morgan fingerprint density at radius 2 is 0.767 bits per heavy atom. The number of carbonyl (C=O) groups is 8. The smallest absolute Gasteiger partial charge is 0.366 e. The van der Waals surface area contributed by atoms with Gasteiger partial charge in [0.25, 0.3) is 11.6 Å². The zero-order valence-electron chi connectivity index (χ0n) is 48.2. The molecule has 27 heteroatoms. The average molecular weight is 1240 g/mol. The van der Waals surface area contributed by atoms with E-state index in [0.29, 0.717) is 0 Å². The Labute approximate surface area is 512 Å². The molecule has 2 saturated heterocycles. The summed E-state index contributed by atoms with van der Waals surface area (Å²) in [5.74, 6) is -15.2. The lowest BCUT2D eigenvalue weighted by molar-refractivity contribution is -0.321. The fraction of sp³-hybridized carbons (Fsp3) is 0.302. The fourth-order valence-corrected chi connectivity index (χ4v) is 9.94. The summed E-state index contributed by atoms with van der Waals surface area (Å²) < 4.78 is 72.4. The molecule has 0 spiro atoms. The first-order valence-corrected chi connectivity index (χ1v) is 27.6. The van der Waals surface area contributed by atoms with E-state index in [1.165, 1.54) is 146 Å². The number of hydrogen-bond acceptors (Lipinski definition) is 23. The predicted molar refractivity (Wildman–Crippen MR) is 308 cm³/mol. The molecule has 27 nitrogen and oxygen atoms in total. The number of carbonyl (C=O) groups excluding carboxylic acids is 8. The van der Waals surface area contributed by atoms with Gasteiger partial charge in [0.05, 0.1) is 73.7 Å². The lowest BCUT2D eigenvalue weighted by atomic mass is 9.88. The molecule has 6 aromatic carbocycles. The van der Waals surface area contributed by atoms with E-state index in [-0.39, 0.29) is 33.4 Å². The summed E-state index contributed by atoms with van der Waals surface area (Å²) in [6.07, 6.45) is -18.5. The molecule has 2 fully saturated rings. The number of ether oxygens (including phenoxy) is 12. The average Bonchev–Trinajstić information content (AvgIpc) is 0.777. The molecular formula is C63H58N6O21. The topological polar surface area (TPSA) is 365 Å². The van der Waals surface area contributed by atoms with Crippen LogP contribution in [-0.2, 0) is 66.4 Å². The van der Waals surface area contributed by atoms with E-state index in [0.717, 1.165) is 21.3 Å². The second kappa shape index (κ2) is 30.9. The molecule has 0 aliphatic carbocycles. The Bertz CT molecular complexity index is 3570. The molecule has 0 aromatic heterocycles. The van der Waals surface area contributed by atoms with Crippen molar-refractivity contribution in [3.8, 4) is 0 Å². The summed E-state index contributed by atoms with van der Waals surface area (Å²) in [6, 6.07) is 40.0. The minimum absolute atomic E-state index is 0.0116. The third kappa shape index (κ3) is 15.6. The molecule has 0 unspecified atom stereocenters. The van der Waals surface area contributed by atoms with Gasteiger partial charge >= 0.3 is 47.8 Å². The van der Waals surface area contributed by atoms with Crippen molar-refractivity contribution >= 4 is 47.8 Å². The van der Waals surface area contributed by atoms with E-state index in [1.807, 2.05) is 0 Å². The largest absolute Gasteiger partial charge is 0.465 e. The third-order valence-electron chi connectivity index (χ3n) is 14.3. The molecule has 90 heavy (non-hydrogen) atoms. The van der Waals surface area contributed by atoms with Crippen LogP contribution in [-0.4, -0.2) is 160 Å². The molecule has 0 radical (unpaired) electrons. The van der Waals surface area contributed by atoms with Crippen molar-refractivity contribution < 1.29 is 100 Å². The first-order chi connectivity index (χ1) is 43.6. The van der Waals surface area contributed by atoms with Crippen LogP contribution in [0.1, 0.15) is 75.0 Å². The minimum atomic E-state index is -3.11. The van der Waals surface area contributed by atoms with E-state index in [4.69, 9.17) is 56.8 Å².